The van der Waals surface area contributed by atoms with Crippen molar-refractivity contribution in [1.82, 2.24) is 24.8 Å². The van der Waals surface area contributed by atoms with E-state index in [1.54, 1.807) is 24.8 Å². The fourth-order valence-electron chi connectivity index (χ4n) is 2.52. The molecule has 0 aliphatic carbocycles. The highest BCUT2D eigenvalue weighted by Gasteiger charge is 2.26. The number of hydrogen-bond acceptors (Lipinski definition) is 5. The van der Waals surface area contributed by atoms with Crippen LogP contribution >= 0.6 is 0 Å². The van der Waals surface area contributed by atoms with Gasteiger partial charge in [0.05, 0.1) is 0 Å². The van der Waals surface area contributed by atoms with Gasteiger partial charge in [-0.2, -0.15) is 0 Å². The number of likely N-dealkylation sites (tertiary alicyclic amines) is 1. The Kier molecular flexibility index (Phi) is 3.62. The third kappa shape index (κ3) is 2.64. The van der Waals surface area contributed by atoms with Crippen molar-refractivity contribution in [3.05, 3.63) is 48.6 Å². The average Bonchev–Trinajstić information content (AvgIpc) is 2.56. The number of carbonyl (C=O) groups excluding carboxylic acids is 1. The van der Waals surface area contributed by atoms with Gasteiger partial charge >= 0.3 is 0 Å². The van der Waals surface area contributed by atoms with Gasteiger partial charge in [-0.05, 0) is 25.0 Å². The Morgan fingerprint density at radius 2 is 1.95 bits per heavy atom. The highest BCUT2D eigenvalue weighted by molar-refractivity contribution is 5.92. The minimum Gasteiger partial charge on any atom is -0.337 e. The van der Waals surface area contributed by atoms with Crippen LogP contribution in [0.25, 0.3) is 0 Å². The molecule has 2 aromatic heterocycles. The smallest absolute Gasteiger partial charge is 0.272 e. The summed E-state index contributed by atoms with van der Waals surface area (Å²) in [5, 5.41) is 0. The van der Waals surface area contributed by atoms with Crippen molar-refractivity contribution in [1.29, 1.82) is 0 Å². The molecule has 6 nitrogen and oxygen atoms in total. The summed E-state index contributed by atoms with van der Waals surface area (Å²) in [7, 11) is 0. The summed E-state index contributed by atoms with van der Waals surface area (Å²) in [5.41, 5.74) is 1.45. The number of aromatic nitrogens is 4. The van der Waals surface area contributed by atoms with Crippen LogP contribution < -0.4 is 0 Å². The topological polar surface area (TPSA) is 71.9 Å². The van der Waals surface area contributed by atoms with Gasteiger partial charge in [-0.15, -0.1) is 0 Å². The maximum atomic E-state index is 12.4. The fourth-order valence-corrected chi connectivity index (χ4v) is 2.52. The quantitative estimate of drug-likeness (QED) is 0.821. The third-order valence-electron chi connectivity index (χ3n) is 3.53. The molecule has 0 radical (unpaired) electrons. The van der Waals surface area contributed by atoms with Gasteiger partial charge in [0.15, 0.2) is 0 Å². The zero-order chi connectivity index (χ0) is 13.8. The molecule has 1 aliphatic rings. The number of nitrogens with zero attached hydrogens (tertiary/aromatic N) is 5. The van der Waals surface area contributed by atoms with Crippen LogP contribution in [0.5, 0.6) is 0 Å². The zero-order valence-corrected chi connectivity index (χ0v) is 11.0. The van der Waals surface area contributed by atoms with Gasteiger partial charge in [-0.1, -0.05) is 0 Å². The van der Waals surface area contributed by atoms with Crippen molar-refractivity contribution in [3.63, 3.8) is 0 Å². The lowest BCUT2D eigenvalue weighted by atomic mass is 9.94. The summed E-state index contributed by atoms with van der Waals surface area (Å²) in [4.78, 5) is 30.3. The number of hydrogen-bond donors (Lipinski definition) is 0. The van der Waals surface area contributed by atoms with Crippen LogP contribution in [0.15, 0.2) is 37.2 Å². The average molecular weight is 269 g/mol. The second kappa shape index (κ2) is 5.73. The second-order valence-corrected chi connectivity index (χ2v) is 4.82. The summed E-state index contributed by atoms with van der Waals surface area (Å²) in [5.74, 6) is 0.240. The van der Waals surface area contributed by atoms with Crippen molar-refractivity contribution < 1.29 is 4.79 Å². The molecule has 0 saturated carbocycles. The van der Waals surface area contributed by atoms with Crippen molar-refractivity contribution in [2.75, 3.05) is 13.1 Å². The van der Waals surface area contributed by atoms with Gasteiger partial charge in [-0.25, -0.2) is 19.9 Å². The SMILES string of the molecule is O=C(c1ccncn1)N1CCC[C@H](c2ccncn2)C1. The molecule has 0 bridgehead atoms. The van der Waals surface area contributed by atoms with Crippen LogP contribution in [0.3, 0.4) is 0 Å². The Labute approximate surface area is 116 Å². The summed E-state index contributed by atoms with van der Waals surface area (Å²) < 4.78 is 0. The molecule has 3 heterocycles. The molecule has 1 fully saturated rings. The highest BCUT2D eigenvalue weighted by atomic mass is 16.2. The van der Waals surface area contributed by atoms with Gasteiger partial charge in [0.2, 0.25) is 0 Å². The highest BCUT2D eigenvalue weighted by Crippen LogP contribution is 2.25. The van der Waals surface area contributed by atoms with E-state index in [4.69, 9.17) is 0 Å². The van der Waals surface area contributed by atoms with Gasteiger partial charge in [0.25, 0.3) is 5.91 Å². The van der Waals surface area contributed by atoms with Crippen LogP contribution in [0.2, 0.25) is 0 Å². The van der Waals surface area contributed by atoms with Gasteiger partial charge in [0.1, 0.15) is 18.3 Å². The number of carbonyl (C=O) groups is 1. The maximum Gasteiger partial charge on any atom is 0.272 e. The molecular formula is C14H15N5O. The summed E-state index contributed by atoms with van der Waals surface area (Å²) in [6, 6.07) is 3.57. The predicted octanol–water partition coefficient (Wildman–Crippen LogP) is 1.29. The van der Waals surface area contributed by atoms with E-state index in [0.717, 1.165) is 25.1 Å². The van der Waals surface area contributed by atoms with Crippen LogP contribution in [-0.2, 0) is 0 Å². The Morgan fingerprint density at radius 3 is 2.65 bits per heavy atom. The maximum absolute atomic E-state index is 12.4. The van der Waals surface area contributed by atoms with Crippen LogP contribution in [0.1, 0.15) is 34.9 Å². The summed E-state index contributed by atoms with van der Waals surface area (Å²) in [6.45, 7) is 1.45. The number of piperidine rings is 1. The lowest BCUT2D eigenvalue weighted by Gasteiger charge is -2.32. The van der Waals surface area contributed by atoms with Crippen LogP contribution in [0.4, 0.5) is 0 Å². The van der Waals surface area contributed by atoms with Crippen LogP contribution in [0, 0.1) is 0 Å². The number of amides is 1. The monoisotopic (exact) mass is 269 g/mol. The van der Waals surface area contributed by atoms with E-state index in [0.29, 0.717) is 12.2 Å². The second-order valence-electron chi connectivity index (χ2n) is 4.82. The largest absolute Gasteiger partial charge is 0.337 e. The van der Waals surface area contributed by atoms with Crippen molar-refractivity contribution in [2.45, 2.75) is 18.8 Å². The molecule has 3 rings (SSSR count). The molecule has 102 valence electrons. The molecule has 20 heavy (non-hydrogen) atoms. The lowest BCUT2D eigenvalue weighted by Crippen LogP contribution is -2.39. The molecule has 0 unspecified atom stereocenters. The van der Waals surface area contributed by atoms with Crippen LogP contribution in [-0.4, -0.2) is 43.8 Å². The van der Waals surface area contributed by atoms with Gasteiger partial charge in [-0.3, -0.25) is 4.79 Å². The molecule has 1 aliphatic heterocycles. The Hall–Kier alpha value is -2.37. The third-order valence-corrected chi connectivity index (χ3v) is 3.53. The van der Waals surface area contributed by atoms with Gasteiger partial charge < -0.3 is 4.90 Å². The van der Waals surface area contributed by atoms with E-state index in [9.17, 15) is 4.79 Å². The normalized spacial score (nSPS) is 18.8. The molecule has 2 aromatic rings. The van der Waals surface area contributed by atoms with Crippen molar-refractivity contribution >= 4 is 5.91 Å². The Bertz CT molecular complexity index is 575. The molecule has 1 amide bonds. The summed E-state index contributed by atoms with van der Waals surface area (Å²) >= 11 is 0. The Balaban J connectivity index is 1.74. The van der Waals surface area contributed by atoms with E-state index in [-0.39, 0.29) is 11.8 Å². The molecule has 6 heteroatoms. The minimum atomic E-state index is -0.0360. The van der Waals surface area contributed by atoms with E-state index < -0.39 is 0 Å². The number of rotatable bonds is 2. The minimum absolute atomic E-state index is 0.0360. The first kappa shape index (κ1) is 12.7. The van der Waals surface area contributed by atoms with E-state index in [1.165, 1.54) is 6.33 Å². The predicted molar refractivity (Wildman–Crippen MR) is 71.9 cm³/mol. The van der Waals surface area contributed by atoms with Gasteiger partial charge in [0, 0.05) is 37.1 Å². The van der Waals surface area contributed by atoms with E-state index in [2.05, 4.69) is 19.9 Å². The standard InChI is InChI=1S/C14H15N5O/c20-14(13-4-6-16-10-18-13)19-7-1-2-11(8-19)12-3-5-15-9-17-12/h3-6,9-11H,1-2,7-8H2/t11-/m0/s1. The van der Waals surface area contributed by atoms with Crippen molar-refractivity contribution in [2.24, 2.45) is 0 Å². The molecule has 0 aromatic carbocycles. The molecule has 1 saturated heterocycles. The van der Waals surface area contributed by atoms with E-state index >= 15 is 0 Å². The molecule has 1 atom stereocenters. The summed E-state index contributed by atoms with van der Waals surface area (Å²) in [6.07, 6.45) is 8.31. The first-order chi connectivity index (χ1) is 9.84. The Morgan fingerprint density at radius 1 is 1.15 bits per heavy atom. The molecular weight excluding hydrogens is 254 g/mol. The molecule has 0 N–H and O–H groups in total. The first-order valence-corrected chi connectivity index (χ1v) is 6.66. The van der Waals surface area contributed by atoms with Crippen molar-refractivity contribution in [3.8, 4) is 0 Å². The zero-order valence-electron chi connectivity index (χ0n) is 11.0. The fraction of sp³-hybridized carbons (Fsp3) is 0.357. The molecule has 0 spiro atoms. The lowest BCUT2D eigenvalue weighted by molar-refractivity contribution is 0.0699. The van der Waals surface area contributed by atoms with E-state index in [1.807, 2.05) is 11.0 Å². The first-order valence-electron chi connectivity index (χ1n) is 6.66.